The first-order chi connectivity index (χ1) is 43.9. The summed E-state index contributed by atoms with van der Waals surface area (Å²) in [5, 5.41) is 29.0. The van der Waals surface area contributed by atoms with Crippen molar-refractivity contribution in [1.82, 2.24) is 101 Å². The van der Waals surface area contributed by atoms with Crippen molar-refractivity contribution in [1.29, 1.82) is 0 Å². The largest absolute Gasteiger partial charge is 0.265 e. The molecule has 0 N–H and O–H groups in total. The number of rotatable bonds is 0. The SMILES string of the molecule is CC.CC.CC.CC.CC.CC.CC.CC.CC.CC.Cc1cccnc1.Cc1cccnn1.Cc1ccncc1.Cc1ccncn1.Cc1ccnnc1.Cc1cnccn1.Cc1cncnc1.Cc1cncnn1.Cc1ncccn1.Cc1nccnn1. The van der Waals surface area contributed by atoms with Crippen molar-refractivity contribution >= 4 is 0 Å². The third-order valence-corrected chi connectivity index (χ3v) is 7.09. The first kappa shape index (κ1) is 103. The van der Waals surface area contributed by atoms with Gasteiger partial charge in [-0.05, 0) is 140 Å². The third-order valence-electron chi connectivity index (χ3n) is 7.09. The zero-order valence-corrected chi connectivity index (χ0v) is 61.3. The number of hydrogen-bond acceptors (Lipinski definition) is 20. The van der Waals surface area contributed by atoms with E-state index in [0.717, 1.165) is 39.7 Å². The Balaban J connectivity index is -0.0000000957. The molecule has 0 aliphatic carbocycles. The van der Waals surface area contributed by atoms with Crippen LogP contribution in [0, 0.1) is 69.2 Å². The summed E-state index contributed by atoms with van der Waals surface area (Å²) in [6, 6.07) is 17.2. The van der Waals surface area contributed by atoms with E-state index in [1.807, 2.05) is 256 Å². The maximum absolute atomic E-state index is 3.92. The van der Waals surface area contributed by atoms with Crippen LogP contribution in [0.3, 0.4) is 0 Å². The van der Waals surface area contributed by atoms with Crippen molar-refractivity contribution in [3.63, 3.8) is 0 Å². The van der Waals surface area contributed by atoms with Crippen LogP contribution in [-0.4, -0.2) is 101 Å². The van der Waals surface area contributed by atoms with E-state index >= 15 is 0 Å². The van der Waals surface area contributed by atoms with Crippen molar-refractivity contribution in [3.05, 3.63) is 242 Å². The topological polar surface area (TPSA) is 258 Å². The van der Waals surface area contributed by atoms with E-state index in [-0.39, 0.29) is 0 Å². The van der Waals surface area contributed by atoms with Crippen molar-refractivity contribution < 1.29 is 0 Å². The molecule has 500 valence electrons. The molecule has 0 aliphatic rings. The Morgan fingerprint density at radius 1 is 0.200 bits per heavy atom. The molecule has 0 spiro atoms. The van der Waals surface area contributed by atoms with Gasteiger partial charge < -0.3 is 0 Å². The molecule has 90 heavy (non-hydrogen) atoms. The Bertz CT molecular complexity index is 1990. The quantitative estimate of drug-likeness (QED) is 0.137. The lowest BCUT2D eigenvalue weighted by atomic mass is 10.3. The molecule has 10 heterocycles. The van der Waals surface area contributed by atoms with Crippen molar-refractivity contribution in [3.8, 4) is 0 Å². The minimum absolute atomic E-state index is 0.711. The van der Waals surface area contributed by atoms with E-state index in [0.29, 0.717) is 5.82 Å². The summed E-state index contributed by atoms with van der Waals surface area (Å²) >= 11 is 0. The van der Waals surface area contributed by atoms with E-state index in [9.17, 15) is 0 Å². The summed E-state index contributed by atoms with van der Waals surface area (Å²) in [7, 11) is 0. The Morgan fingerprint density at radius 3 is 0.889 bits per heavy atom. The normalized spacial score (nSPS) is 7.44. The monoisotopic (exact) mass is 1240 g/mol. The van der Waals surface area contributed by atoms with Crippen LogP contribution in [0.1, 0.15) is 195 Å². The Labute approximate surface area is 547 Å². The van der Waals surface area contributed by atoms with Crippen LogP contribution >= 0.6 is 0 Å². The smallest absolute Gasteiger partial charge is 0.147 e. The minimum Gasteiger partial charge on any atom is -0.265 e. The third kappa shape index (κ3) is 95.2. The van der Waals surface area contributed by atoms with Crippen LogP contribution in [-0.2, 0) is 0 Å². The van der Waals surface area contributed by atoms with E-state index in [4.69, 9.17) is 0 Å². The molecular weight excluding hydrogens is 1120 g/mol. The number of aryl methyl sites for hydroxylation is 10. The maximum atomic E-state index is 3.92. The summed E-state index contributed by atoms with van der Waals surface area (Å²) in [6.07, 6.45) is 35.3. The lowest BCUT2D eigenvalue weighted by molar-refractivity contribution is 0.907. The molecule has 0 radical (unpaired) electrons. The fourth-order valence-corrected chi connectivity index (χ4v) is 3.72. The van der Waals surface area contributed by atoms with Crippen LogP contribution in [0.2, 0.25) is 0 Å². The Morgan fingerprint density at radius 2 is 0.667 bits per heavy atom. The van der Waals surface area contributed by atoms with Crippen LogP contribution in [0.4, 0.5) is 0 Å². The van der Waals surface area contributed by atoms with Crippen molar-refractivity contribution in [2.24, 2.45) is 0 Å². The van der Waals surface area contributed by atoms with Gasteiger partial charge >= 0.3 is 0 Å². The van der Waals surface area contributed by atoms with Gasteiger partial charge in [-0.15, -0.1) is 10.2 Å². The predicted molar refractivity (Wildman–Crippen MR) is 381 cm³/mol. The fourth-order valence-electron chi connectivity index (χ4n) is 3.72. The highest BCUT2D eigenvalue weighted by molar-refractivity contribution is 5.06. The Hall–Kier alpha value is -9.20. The average Bonchev–Trinajstić information content (AvgIpc) is 3.62. The van der Waals surface area contributed by atoms with E-state index in [2.05, 4.69) is 101 Å². The molecule has 20 nitrogen and oxygen atoms in total. The molecule has 0 unspecified atom stereocenters. The number of aromatic nitrogens is 20. The van der Waals surface area contributed by atoms with Crippen LogP contribution in [0.15, 0.2) is 185 Å². The zero-order chi connectivity index (χ0) is 71.1. The number of pyridine rings is 2. The molecule has 0 saturated carbocycles. The van der Waals surface area contributed by atoms with Crippen LogP contribution < -0.4 is 0 Å². The maximum Gasteiger partial charge on any atom is 0.147 e. The number of hydrogen-bond donors (Lipinski definition) is 0. The molecule has 10 rings (SSSR count). The highest BCUT2D eigenvalue weighted by Crippen LogP contribution is 1.90. The fraction of sp³-hybridized carbons (Fsp3) is 0.429. The lowest BCUT2D eigenvalue weighted by Crippen LogP contribution is -1.85. The number of nitrogens with zero attached hydrogens (tertiary/aromatic N) is 20. The summed E-state index contributed by atoms with van der Waals surface area (Å²) in [5.41, 5.74) is 8.50. The molecule has 0 fully saturated rings. The van der Waals surface area contributed by atoms with Gasteiger partial charge in [0.25, 0.3) is 0 Å². The second-order valence-corrected chi connectivity index (χ2v) is 13.7. The van der Waals surface area contributed by atoms with Gasteiger partial charge in [-0.3, -0.25) is 19.9 Å². The molecule has 10 aromatic rings. The van der Waals surface area contributed by atoms with Crippen molar-refractivity contribution in [2.45, 2.75) is 208 Å². The molecule has 0 aliphatic heterocycles. The second-order valence-electron chi connectivity index (χ2n) is 13.7. The molecule has 0 saturated heterocycles. The van der Waals surface area contributed by atoms with Gasteiger partial charge in [-0.25, -0.2) is 39.9 Å². The highest BCUT2D eigenvalue weighted by atomic mass is 15.1. The zero-order valence-electron chi connectivity index (χ0n) is 61.3. The van der Waals surface area contributed by atoms with Gasteiger partial charge in [0.2, 0.25) is 0 Å². The van der Waals surface area contributed by atoms with E-state index < -0.39 is 0 Å². The van der Waals surface area contributed by atoms with Crippen LogP contribution in [0.25, 0.3) is 0 Å². The van der Waals surface area contributed by atoms with E-state index in [1.54, 1.807) is 118 Å². The van der Waals surface area contributed by atoms with Gasteiger partial charge in [-0.2, -0.15) is 30.6 Å². The lowest BCUT2D eigenvalue weighted by Gasteiger charge is -1.82. The standard InChI is InChI=1S/2C6H7N.6C5H6N2.2C4H5N3.10C2H6/c1-6-2-4-7-5-3-6;1-6-3-2-4-7-5-6;1-5-2-6-4-7-3-5;1-5-4-6-2-3-7-5;1-5-2-3-6-4-7-5;1-5-2-3-6-7-4-5;1-5-6-3-2-4-7-5;1-5-3-2-4-6-7-5;1-4-2-5-3-6-7-4;1-4-5-2-3-6-7-4;10*1-2/h2*2-5H,1H3;6*2-4H,1H3;2*2-3H,1H3;10*1-2H3. The molecule has 20 heteroatoms. The summed E-state index contributed by atoms with van der Waals surface area (Å²) in [5.74, 6) is 1.53. The van der Waals surface area contributed by atoms with Gasteiger partial charge in [-0.1, -0.05) is 145 Å². The Kier molecular flexibility index (Phi) is 113. The molecule has 0 aromatic carbocycles. The summed E-state index contributed by atoms with van der Waals surface area (Å²) in [4.78, 5) is 45.9. The first-order valence-electron chi connectivity index (χ1n) is 31.2. The second kappa shape index (κ2) is 98.9. The minimum atomic E-state index is 0.711. The van der Waals surface area contributed by atoms with Gasteiger partial charge in [0.15, 0.2) is 0 Å². The van der Waals surface area contributed by atoms with Gasteiger partial charge in [0.1, 0.15) is 30.6 Å². The van der Waals surface area contributed by atoms with Crippen LogP contribution in [0.5, 0.6) is 0 Å². The molecule has 0 bridgehead atoms. The van der Waals surface area contributed by atoms with Gasteiger partial charge in [0.05, 0.1) is 35.7 Å². The predicted octanol–water partition coefficient (Wildman–Crippen LogP) is 18.1. The summed E-state index contributed by atoms with van der Waals surface area (Å²) < 4.78 is 0. The molecular formula is C70H120N20. The average molecular weight is 1240 g/mol. The summed E-state index contributed by atoms with van der Waals surface area (Å²) in [6.45, 7) is 59.3. The highest BCUT2D eigenvalue weighted by Gasteiger charge is 1.80. The van der Waals surface area contributed by atoms with E-state index in [1.165, 1.54) is 30.1 Å². The van der Waals surface area contributed by atoms with Gasteiger partial charge in [0, 0.05) is 98.6 Å². The molecule has 0 amide bonds. The molecule has 0 atom stereocenters. The van der Waals surface area contributed by atoms with Crippen molar-refractivity contribution in [2.75, 3.05) is 0 Å². The molecule has 10 aromatic heterocycles. The first-order valence-corrected chi connectivity index (χ1v) is 31.2.